The molecule has 0 amide bonds. The summed E-state index contributed by atoms with van der Waals surface area (Å²) in [6, 6.07) is 8.11. The Morgan fingerprint density at radius 3 is 2.23 bits per heavy atom. The van der Waals surface area contributed by atoms with Crippen molar-refractivity contribution in [1.29, 1.82) is 0 Å². The Hall–Kier alpha value is -1.39. The summed E-state index contributed by atoms with van der Waals surface area (Å²) < 4.78 is 0. The Labute approximate surface area is 133 Å². The molecule has 0 heterocycles. The summed E-state index contributed by atoms with van der Waals surface area (Å²) in [5.41, 5.74) is 2.28. The van der Waals surface area contributed by atoms with Gasteiger partial charge in [0.05, 0.1) is 12.5 Å². The molecule has 0 saturated heterocycles. The molecule has 1 atom stereocenters. The molecule has 1 rings (SSSR count). The van der Waals surface area contributed by atoms with Crippen LogP contribution in [0.25, 0.3) is 0 Å². The van der Waals surface area contributed by atoms with Crippen LogP contribution in [0.3, 0.4) is 0 Å². The fraction of sp³-hybridized carbons (Fsp3) is 0.611. The van der Waals surface area contributed by atoms with E-state index in [9.17, 15) is 9.90 Å². The van der Waals surface area contributed by atoms with Crippen molar-refractivity contribution in [2.24, 2.45) is 0 Å². The summed E-state index contributed by atoms with van der Waals surface area (Å²) in [5, 5.41) is 19.0. The Morgan fingerprint density at radius 1 is 1.18 bits per heavy atom. The highest BCUT2D eigenvalue weighted by Gasteiger charge is 2.15. The van der Waals surface area contributed by atoms with Crippen LogP contribution in [-0.4, -0.2) is 40.7 Å². The van der Waals surface area contributed by atoms with Crippen LogP contribution in [0.5, 0.6) is 0 Å². The fourth-order valence-corrected chi connectivity index (χ4v) is 2.36. The standard InChI is InChI=1S/C18H29NO3/c1-5-19(13-11-17(21)22)12-10-16(20)14-6-8-15(9-7-14)18(2,3)4/h6-9,16,20H,5,10-13H2,1-4H3,(H,21,22). The zero-order valence-electron chi connectivity index (χ0n) is 14.2. The number of carbonyl (C=O) groups is 1. The molecule has 0 fully saturated rings. The molecule has 0 bridgehead atoms. The maximum absolute atomic E-state index is 10.6. The Balaban J connectivity index is 2.53. The molecule has 0 aliphatic heterocycles. The van der Waals surface area contributed by atoms with E-state index >= 15 is 0 Å². The van der Waals surface area contributed by atoms with Gasteiger partial charge in [-0.2, -0.15) is 0 Å². The second-order valence-corrected chi connectivity index (χ2v) is 6.75. The monoisotopic (exact) mass is 307 g/mol. The fourth-order valence-electron chi connectivity index (χ4n) is 2.36. The Morgan fingerprint density at radius 2 is 1.77 bits per heavy atom. The number of hydrogen-bond acceptors (Lipinski definition) is 3. The van der Waals surface area contributed by atoms with Crippen LogP contribution in [0.15, 0.2) is 24.3 Å². The first-order valence-electron chi connectivity index (χ1n) is 7.96. The van der Waals surface area contributed by atoms with Crippen molar-refractivity contribution in [2.75, 3.05) is 19.6 Å². The number of aliphatic carboxylic acids is 1. The van der Waals surface area contributed by atoms with Crippen LogP contribution < -0.4 is 0 Å². The average molecular weight is 307 g/mol. The quantitative estimate of drug-likeness (QED) is 0.774. The summed E-state index contributed by atoms with van der Waals surface area (Å²) in [4.78, 5) is 12.7. The van der Waals surface area contributed by atoms with Gasteiger partial charge >= 0.3 is 5.97 Å². The van der Waals surface area contributed by atoms with E-state index in [0.29, 0.717) is 19.5 Å². The van der Waals surface area contributed by atoms with E-state index in [0.717, 1.165) is 12.1 Å². The van der Waals surface area contributed by atoms with Crippen molar-refractivity contribution in [3.63, 3.8) is 0 Å². The molecular weight excluding hydrogens is 278 g/mol. The van der Waals surface area contributed by atoms with Gasteiger partial charge in [0.2, 0.25) is 0 Å². The van der Waals surface area contributed by atoms with Crippen molar-refractivity contribution < 1.29 is 15.0 Å². The molecule has 4 nitrogen and oxygen atoms in total. The molecule has 124 valence electrons. The van der Waals surface area contributed by atoms with Gasteiger partial charge in [-0.05, 0) is 29.5 Å². The van der Waals surface area contributed by atoms with Gasteiger partial charge in [0.25, 0.3) is 0 Å². The summed E-state index contributed by atoms with van der Waals surface area (Å²) in [6.07, 6.45) is 0.250. The van der Waals surface area contributed by atoms with E-state index in [1.807, 2.05) is 19.1 Å². The molecule has 1 unspecified atom stereocenters. The minimum Gasteiger partial charge on any atom is -0.481 e. The zero-order chi connectivity index (χ0) is 16.8. The molecule has 1 aromatic carbocycles. The highest BCUT2D eigenvalue weighted by Crippen LogP contribution is 2.25. The lowest BCUT2D eigenvalue weighted by molar-refractivity contribution is -0.137. The van der Waals surface area contributed by atoms with Crippen LogP contribution in [0.1, 0.15) is 57.8 Å². The number of carboxylic acid groups (broad SMARTS) is 1. The molecule has 0 radical (unpaired) electrons. The van der Waals surface area contributed by atoms with Crippen molar-refractivity contribution in [3.8, 4) is 0 Å². The van der Waals surface area contributed by atoms with Gasteiger partial charge in [0.15, 0.2) is 0 Å². The molecule has 0 aromatic heterocycles. The number of aliphatic hydroxyl groups is 1. The highest BCUT2D eigenvalue weighted by atomic mass is 16.4. The lowest BCUT2D eigenvalue weighted by atomic mass is 9.86. The number of nitrogens with zero attached hydrogens (tertiary/aromatic N) is 1. The zero-order valence-corrected chi connectivity index (χ0v) is 14.2. The lowest BCUT2D eigenvalue weighted by Crippen LogP contribution is -2.28. The van der Waals surface area contributed by atoms with E-state index in [-0.39, 0.29) is 11.8 Å². The molecule has 1 aromatic rings. The van der Waals surface area contributed by atoms with E-state index in [4.69, 9.17) is 5.11 Å². The van der Waals surface area contributed by atoms with Crippen molar-refractivity contribution in [3.05, 3.63) is 35.4 Å². The minimum absolute atomic E-state index is 0.110. The van der Waals surface area contributed by atoms with E-state index in [2.05, 4.69) is 37.8 Å². The average Bonchev–Trinajstić information content (AvgIpc) is 2.46. The molecule has 4 heteroatoms. The van der Waals surface area contributed by atoms with Crippen molar-refractivity contribution >= 4 is 5.97 Å². The van der Waals surface area contributed by atoms with Gasteiger partial charge in [0.1, 0.15) is 0 Å². The van der Waals surface area contributed by atoms with Crippen LogP contribution in [0, 0.1) is 0 Å². The molecular formula is C18H29NO3. The third-order valence-electron chi connectivity index (χ3n) is 3.97. The molecule has 0 aliphatic carbocycles. The van der Waals surface area contributed by atoms with Crippen molar-refractivity contribution in [1.82, 2.24) is 4.90 Å². The maximum atomic E-state index is 10.6. The smallest absolute Gasteiger partial charge is 0.304 e. The number of benzene rings is 1. The highest BCUT2D eigenvalue weighted by molar-refractivity contribution is 5.66. The van der Waals surface area contributed by atoms with Gasteiger partial charge in [-0.25, -0.2) is 0 Å². The van der Waals surface area contributed by atoms with Crippen LogP contribution in [0.2, 0.25) is 0 Å². The van der Waals surface area contributed by atoms with Gasteiger partial charge < -0.3 is 15.1 Å². The van der Waals surface area contributed by atoms with Crippen LogP contribution >= 0.6 is 0 Å². The van der Waals surface area contributed by atoms with Gasteiger partial charge in [-0.15, -0.1) is 0 Å². The number of rotatable bonds is 8. The Bertz CT molecular complexity index is 462. The van der Waals surface area contributed by atoms with Crippen LogP contribution in [0.4, 0.5) is 0 Å². The van der Waals surface area contributed by atoms with Gasteiger partial charge in [-0.1, -0.05) is 52.0 Å². The summed E-state index contributed by atoms with van der Waals surface area (Å²) >= 11 is 0. The largest absolute Gasteiger partial charge is 0.481 e. The molecule has 2 N–H and O–H groups in total. The third-order valence-corrected chi connectivity index (χ3v) is 3.97. The summed E-state index contributed by atoms with van der Waals surface area (Å²) in [5.74, 6) is -0.781. The Kier molecular flexibility index (Phi) is 7.04. The predicted molar refractivity (Wildman–Crippen MR) is 89.1 cm³/mol. The second-order valence-electron chi connectivity index (χ2n) is 6.75. The lowest BCUT2D eigenvalue weighted by Gasteiger charge is -2.22. The second kappa shape index (κ2) is 8.30. The molecule has 0 aliphatic rings. The third kappa shape index (κ3) is 6.16. The first-order chi connectivity index (χ1) is 10.2. The number of aliphatic hydroxyl groups excluding tert-OH is 1. The molecule has 0 saturated carbocycles. The van der Waals surface area contributed by atoms with Crippen molar-refractivity contribution in [2.45, 2.75) is 52.1 Å². The van der Waals surface area contributed by atoms with Gasteiger partial charge in [-0.3, -0.25) is 4.79 Å². The predicted octanol–water partition coefficient (Wildman–Crippen LogP) is 3.20. The number of hydrogen-bond donors (Lipinski definition) is 2. The first-order valence-corrected chi connectivity index (χ1v) is 7.96. The molecule has 22 heavy (non-hydrogen) atoms. The SMILES string of the molecule is CCN(CCC(=O)O)CCC(O)c1ccc(C(C)(C)C)cc1. The summed E-state index contributed by atoms with van der Waals surface area (Å²) in [7, 11) is 0. The minimum atomic E-state index is -0.781. The molecule has 0 spiro atoms. The van der Waals surface area contributed by atoms with Crippen LogP contribution in [-0.2, 0) is 10.2 Å². The van der Waals surface area contributed by atoms with E-state index in [1.54, 1.807) is 0 Å². The van der Waals surface area contributed by atoms with Gasteiger partial charge in [0, 0.05) is 13.1 Å². The first kappa shape index (κ1) is 18.7. The van der Waals surface area contributed by atoms with E-state index in [1.165, 1.54) is 5.56 Å². The topological polar surface area (TPSA) is 60.8 Å². The normalized spacial score (nSPS) is 13.4. The number of carboxylic acids is 1. The van der Waals surface area contributed by atoms with E-state index < -0.39 is 12.1 Å². The maximum Gasteiger partial charge on any atom is 0.304 e. The summed E-state index contributed by atoms with van der Waals surface area (Å²) in [6.45, 7) is 10.5.